The minimum Gasteiger partial charge on any atom is -0.493 e. The Bertz CT molecular complexity index is 1740. The fraction of sp³-hybridized carbons (Fsp3) is 0.345. The summed E-state index contributed by atoms with van der Waals surface area (Å²) in [6.07, 6.45) is 2.43. The second-order valence-corrected chi connectivity index (χ2v) is 10.5. The minimum absolute atomic E-state index is 0.0158. The van der Waals surface area contributed by atoms with Crippen molar-refractivity contribution in [3.8, 4) is 17.0 Å². The third kappa shape index (κ3) is 5.21. The van der Waals surface area contributed by atoms with Crippen LogP contribution in [0.4, 0.5) is 29.2 Å². The molecule has 0 radical (unpaired) electrons. The van der Waals surface area contributed by atoms with Gasteiger partial charge in [-0.25, -0.2) is 19.3 Å². The fourth-order valence-electron chi connectivity index (χ4n) is 5.90. The first-order valence-corrected chi connectivity index (χ1v) is 13.8. The maximum Gasteiger partial charge on any atom is 0.416 e. The van der Waals surface area contributed by atoms with Crippen LogP contribution in [0.3, 0.4) is 0 Å². The number of carbonyl (C=O) groups is 2. The van der Waals surface area contributed by atoms with Crippen LogP contribution >= 0.6 is 0 Å². The molecule has 6 rings (SSSR count). The molecule has 14 heteroatoms. The van der Waals surface area contributed by atoms with E-state index in [4.69, 9.17) is 15.5 Å². The molecule has 1 aromatic carbocycles. The molecule has 4 aromatic rings. The normalized spacial score (nSPS) is 18.6. The zero-order chi connectivity index (χ0) is 30.5. The summed E-state index contributed by atoms with van der Waals surface area (Å²) in [5.41, 5.74) is 5.53. The van der Waals surface area contributed by atoms with Gasteiger partial charge in [0.05, 0.1) is 17.7 Å². The molecule has 2 atom stereocenters. The minimum atomic E-state index is -4.63. The van der Waals surface area contributed by atoms with Crippen LogP contribution in [0.5, 0.6) is 5.75 Å². The maximum atomic E-state index is 16.0. The molecule has 224 valence electrons. The Morgan fingerprint density at radius 1 is 1.16 bits per heavy atom. The topological polar surface area (TPSA) is 128 Å². The predicted octanol–water partition coefficient (Wildman–Crippen LogP) is 5.05. The Morgan fingerprint density at radius 3 is 2.74 bits per heavy atom. The number of nitrogens with zero attached hydrogens (tertiary/aromatic N) is 5. The number of carbonyl (C=O) groups excluding carboxylic acids is 2. The molecule has 2 aliphatic rings. The number of benzene rings is 1. The lowest BCUT2D eigenvalue weighted by Gasteiger charge is -2.34. The SMILES string of the molecule is CCOc1cc(C(=O)Nc2cc(C(F)(F)F)ccn2)cc(F)c1-c1nc([C@@H]2CC[C@H]3CCC(=O)N3C2)n2ccnc(N)c12. The van der Waals surface area contributed by atoms with Crippen molar-refractivity contribution in [2.75, 3.05) is 24.2 Å². The number of pyridine rings is 1. The number of aromatic nitrogens is 4. The first-order chi connectivity index (χ1) is 20.5. The highest BCUT2D eigenvalue weighted by molar-refractivity contribution is 6.05. The summed E-state index contributed by atoms with van der Waals surface area (Å²) in [6, 6.07) is 3.91. The number of fused-ring (bicyclic) bond motifs is 2. The van der Waals surface area contributed by atoms with Gasteiger partial charge in [-0.2, -0.15) is 13.2 Å². The van der Waals surface area contributed by atoms with Gasteiger partial charge in [0.25, 0.3) is 5.91 Å². The molecule has 3 aromatic heterocycles. The summed E-state index contributed by atoms with van der Waals surface area (Å²) >= 11 is 0. The van der Waals surface area contributed by atoms with Crippen LogP contribution in [-0.2, 0) is 11.0 Å². The van der Waals surface area contributed by atoms with E-state index in [1.807, 2.05) is 4.90 Å². The van der Waals surface area contributed by atoms with E-state index in [1.165, 1.54) is 12.3 Å². The van der Waals surface area contributed by atoms with E-state index >= 15 is 4.39 Å². The average Bonchev–Trinajstić information content (AvgIpc) is 3.54. The second kappa shape index (κ2) is 10.8. The van der Waals surface area contributed by atoms with Gasteiger partial charge in [-0.3, -0.25) is 14.0 Å². The third-order valence-corrected chi connectivity index (χ3v) is 7.88. The van der Waals surface area contributed by atoms with Crippen molar-refractivity contribution in [2.24, 2.45) is 0 Å². The number of rotatable bonds is 6. The molecule has 3 N–H and O–H groups in total. The Hall–Kier alpha value is -4.75. The van der Waals surface area contributed by atoms with Crippen LogP contribution in [0, 0.1) is 5.82 Å². The number of nitrogen functional groups attached to an aromatic ring is 1. The van der Waals surface area contributed by atoms with E-state index in [0.29, 0.717) is 30.4 Å². The van der Waals surface area contributed by atoms with Gasteiger partial charge in [0, 0.05) is 49.1 Å². The number of amides is 2. The Morgan fingerprint density at radius 2 is 1.98 bits per heavy atom. The van der Waals surface area contributed by atoms with Crippen molar-refractivity contribution in [1.82, 2.24) is 24.3 Å². The first-order valence-electron chi connectivity index (χ1n) is 13.8. The molecule has 2 amide bonds. The van der Waals surface area contributed by atoms with Crippen LogP contribution in [0.2, 0.25) is 0 Å². The molecule has 0 spiro atoms. The predicted molar refractivity (Wildman–Crippen MR) is 148 cm³/mol. The van der Waals surface area contributed by atoms with E-state index in [-0.39, 0.29) is 58.7 Å². The number of hydrogen-bond acceptors (Lipinski definition) is 7. The summed E-state index contributed by atoms with van der Waals surface area (Å²) < 4.78 is 62.8. The van der Waals surface area contributed by atoms with Gasteiger partial charge in [-0.15, -0.1) is 0 Å². The quantitative estimate of drug-likeness (QED) is 0.298. The number of piperidine rings is 1. The van der Waals surface area contributed by atoms with Gasteiger partial charge < -0.3 is 20.7 Å². The Balaban J connectivity index is 1.40. The molecule has 10 nitrogen and oxygen atoms in total. The highest BCUT2D eigenvalue weighted by atomic mass is 19.4. The zero-order valence-electron chi connectivity index (χ0n) is 23.0. The Labute approximate surface area is 242 Å². The van der Waals surface area contributed by atoms with Crippen molar-refractivity contribution in [3.63, 3.8) is 0 Å². The van der Waals surface area contributed by atoms with Crippen LogP contribution in [0.1, 0.15) is 60.3 Å². The molecule has 2 saturated heterocycles. The van der Waals surface area contributed by atoms with Gasteiger partial charge >= 0.3 is 6.18 Å². The van der Waals surface area contributed by atoms with Crippen LogP contribution in [-0.4, -0.2) is 55.3 Å². The van der Waals surface area contributed by atoms with E-state index in [0.717, 1.165) is 37.6 Å². The summed E-state index contributed by atoms with van der Waals surface area (Å²) in [4.78, 5) is 40.1. The molecule has 5 heterocycles. The standard InChI is InChI=1S/C29H27F4N7O3/c1-2-43-20-12-16(28(42)37-21-13-17(7-8-35-21)29(31,32)33)11-19(30)23(20)24-25-26(34)36-9-10-39(25)27(38-24)15-3-4-18-5-6-22(41)40(18)14-15/h7-13,15,18H,2-6,14H2,1H3,(H2,34,36)(H,35,37,42)/t15-,18+/m1/s1. The highest BCUT2D eigenvalue weighted by Crippen LogP contribution is 2.41. The average molecular weight is 598 g/mol. The van der Waals surface area contributed by atoms with E-state index in [2.05, 4.69) is 15.3 Å². The molecule has 0 aliphatic carbocycles. The zero-order valence-corrected chi connectivity index (χ0v) is 23.0. The lowest BCUT2D eigenvalue weighted by molar-refractivity contribution is -0.137. The molecule has 0 unspecified atom stereocenters. The molecule has 0 bridgehead atoms. The number of imidazole rings is 1. The summed E-state index contributed by atoms with van der Waals surface area (Å²) in [5, 5.41) is 2.28. The van der Waals surface area contributed by atoms with E-state index in [9.17, 15) is 22.8 Å². The van der Waals surface area contributed by atoms with E-state index < -0.39 is 23.5 Å². The number of anilines is 2. The molecule has 2 aliphatic heterocycles. The Kier molecular flexibility index (Phi) is 7.14. The molecule has 2 fully saturated rings. The second-order valence-electron chi connectivity index (χ2n) is 10.5. The van der Waals surface area contributed by atoms with Crippen LogP contribution in [0.25, 0.3) is 16.8 Å². The number of nitrogens with two attached hydrogens (primary N) is 1. The lowest BCUT2D eigenvalue weighted by atomic mass is 9.92. The fourth-order valence-corrected chi connectivity index (χ4v) is 5.90. The van der Waals surface area contributed by atoms with Crippen LogP contribution < -0.4 is 15.8 Å². The highest BCUT2D eigenvalue weighted by Gasteiger charge is 2.39. The lowest BCUT2D eigenvalue weighted by Crippen LogP contribution is -2.41. The van der Waals surface area contributed by atoms with Gasteiger partial charge in [-0.1, -0.05) is 0 Å². The molecule has 43 heavy (non-hydrogen) atoms. The summed E-state index contributed by atoms with van der Waals surface area (Å²) in [6.45, 7) is 2.27. The molecule has 0 saturated carbocycles. The van der Waals surface area contributed by atoms with Crippen molar-refractivity contribution < 1.29 is 31.9 Å². The number of alkyl halides is 3. The summed E-state index contributed by atoms with van der Waals surface area (Å²) in [7, 11) is 0. The summed E-state index contributed by atoms with van der Waals surface area (Å²) in [5.74, 6) is -1.45. The van der Waals surface area contributed by atoms with Gasteiger partial charge in [0.1, 0.15) is 40.2 Å². The maximum absolute atomic E-state index is 16.0. The van der Waals surface area contributed by atoms with Gasteiger partial charge in [0.2, 0.25) is 5.91 Å². The molecular formula is C29H27F4N7O3. The largest absolute Gasteiger partial charge is 0.493 e. The van der Waals surface area contributed by atoms with Gasteiger partial charge in [-0.05, 0) is 50.5 Å². The third-order valence-electron chi connectivity index (χ3n) is 7.88. The smallest absolute Gasteiger partial charge is 0.416 e. The van der Waals surface area contributed by atoms with Gasteiger partial charge in [0.15, 0.2) is 0 Å². The number of nitrogens with one attached hydrogen (secondary N) is 1. The number of halogens is 4. The first kappa shape index (κ1) is 28.4. The van der Waals surface area contributed by atoms with Crippen molar-refractivity contribution in [1.29, 1.82) is 0 Å². The number of hydrogen-bond donors (Lipinski definition) is 2. The molecular weight excluding hydrogens is 570 g/mol. The van der Waals surface area contributed by atoms with Crippen molar-refractivity contribution in [3.05, 3.63) is 65.6 Å². The monoisotopic (exact) mass is 597 g/mol. The number of ether oxygens (including phenoxy) is 1. The van der Waals surface area contributed by atoms with Crippen molar-refractivity contribution in [2.45, 2.75) is 50.7 Å². The van der Waals surface area contributed by atoms with E-state index in [1.54, 1.807) is 17.5 Å². The van der Waals surface area contributed by atoms with Crippen molar-refractivity contribution >= 4 is 29.0 Å². The van der Waals surface area contributed by atoms with Crippen LogP contribution in [0.15, 0.2) is 42.9 Å².